The first-order valence-electron chi connectivity index (χ1n) is 10.2. The Bertz CT molecular complexity index is 898. The van der Waals surface area contributed by atoms with Crippen LogP contribution in [-0.4, -0.2) is 31.1 Å². The molecule has 3 heteroatoms. The third-order valence-corrected chi connectivity index (χ3v) is 5.25. The van der Waals surface area contributed by atoms with E-state index in [9.17, 15) is 0 Å². The van der Waals surface area contributed by atoms with Gasteiger partial charge in [0, 0.05) is 11.6 Å². The first kappa shape index (κ1) is 21.2. The smallest absolute Gasteiger partial charge is 0.119 e. The molecule has 0 heterocycles. The molecule has 0 aliphatic rings. The molecule has 150 valence electrons. The van der Waals surface area contributed by atoms with Gasteiger partial charge in [0.05, 0.1) is 0 Å². The first-order valence-corrected chi connectivity index (χ1v) is 10.6. The molecule has 0 aliphatic carbocycles. The van der Waals surface area contributed by atoms with Crippen LogP contribution < -0.4 is 4.74 Å². The zero-order valence-electron chi connectivity index (χ0n) is 17.1. The third kappa shape index (κ3) is 6.22. The van der Waals surface area contributed by atoms with Crippen LogP contribution in [-0.2, 0) is 0 Å². The fourth-order valence-electron chi connectivity index (χ4n) is 3.24. The number of likely N-dealkylation sites (N-methyl/N-ethyl adjacent to an activating group) is 1. The minimum absolute atomic E-state index is 0.702. The average Bonchev–Trinajstić information content (AvgIpc) is 2.77. The number of nitrogens with zero attached hydrogens (tertiary/aromatic N) is 1. The maximum Gasteiger partial charge on any atom is 0.119 e. The summed E-state index contributed by atoms with van der Waals surface area (Å²) in [5.74, 6) is 0.903. The lowest BCUT2D eigenvalue weighted by molar-refractivity contribution is 0.223. The van der Waals surface area contributed by atoms with Gasteiger partial charge in [-0.15, -0.1) is 0 Å². The molecule has 0 fully saturated rings. The molecule has 0 atom stereocenters. The summed E-state index contributed by atoms with van der Waals surface area (Å²) in [6.45, 7) is 8.10. The normalized spacial score (nSPS) is 11.7. The minimum atomic E-state index is 0.702. The summed E-state index contributed by atoms with van der Waals surface area (Å²) in [5.41, 5.74) is 4.62. The van der Waals surface area contributed by atoms with Crippen LogP contribution in [0.5, 0.6) is 5.75 Å². The van der Waals surface area contributed by atoms with E-state index in [2.05, 4.69) is 73.4 Å². The highest BCUT2D eigenvalue weighted by molar-refractivity contribution is 6.30. The number of hydrogen-bond donors (Lipinski definition) is 0. The Labute approximate surface area is 179 Å². The fraction of sp³-hybridized carbons (Fsp3) is 0.231. The van der Waals surface area contributed by atoms with Gasteiger partial charge in [-0.05, 0) is 65.7 Å². The molecule has 0 aromatic heterocycles. The lowest BCUT2D eigenvalue weighted by Gasteiger charge is -2.18. The molecule has 0 radical (unpaired) electrons. The summed E-state index contributed by atoms with van der Waals surface area (Å²) in [5, 5.41) is 0.745. The monoisotopic (exact) mass is 405 g/mol. The van der Waals surface area contributed by atoms with Gasteiger partial charge in [0.15, 0.2) is 0 Å². The van der Waals surface area contributed by atoms with Crippen LogP contribution >= 0.6 is 11.6 Å². The van der Waals surface area contributed by atoms with Crippen LogP contribution in [0.3, 0.4) is 0 Å². The van der Waals surface area contributed by atoms with Gasteiger partial charge in [-0.1, -0.05) is 80.0 Å². The Kier molecular flexibility index (Phi) is 7.92. The van der Waals surface area contributed by atoms with Crippen molar-refractivity contribution in [3.8, 4) is 5.75 Å². The predicted octanol–water partition coefficient (Wildman–Crippen LogP) is 6.65. The molecule has 3 aromatic carbocycles. The molecule has 0 unspecified atom stereocenters. The second kappa shape index (κ2) is 10.8. The summed E-state index contributed by atoms with van der Waals surface area (Å²) in [6.07, 6.45) is 2.20. The van der Waals surface area contributed by atoms with Crippen molar-refractivity contribution in [2.24, 2.45) is 0 Å². The van der Waals surface area contributed by atoms with Crippen LogP contribution in [0.2, 0.25) is 5.02 Å². The molecule has 3 rings (SSSR count). The van der Waals surface area contributed by atoms with E-state index in [0.717, 1.165) is 41.5 Å². The minimum Gasteiger partial charge on any atom is -0.492 e. The number of benzene rings is 3. The molecular weight excluding hydrogens is 378 g/mol. The van der Waals surface area contributed by atoms with Gasteiger partial charge in [-0.25, -0.2) is 0 Å². The Hall–Kier alpha value is -2.55. The van der Waals surface area contributed by atoms with Crippen molar-refractivity contribution in [1.82, 2.24) is 4.90 Å². The second-order valence-corrected chi connectivity index (χ2v) is 7.31. The Balaban J connectivity index is 1.80. The first-order chi connectivity index (χ1) is 14.2. The Morgan fingerprint density at radius 1 is 0.828 bits per heavy atom. The molecule has 0 amide bonds. The summed E-state index contributed by atoms with van der Waals surface area (Å²) in [7, 11) is 0. The van der Waals surface area contributed by atoms with Crippen LogP contribution in [0, 0.1) is 0 Å². The maximum absolute atomic E-state index is 6.04. The lowest BCUT2D eigenvalue weighted by Crippen LogP contribution is -2.27. The van der Waals surface area contributed by atoms with Crippen molar-refractivity contribution in [1.29, 1.82) is 0 Å². The zero-order valence-corrected chi connectivity index (χ0v) is 17.9. The molecule has 0 bridgehead atoms. The predicted molar refractivity (Wildman–Crippen MR) is 125 cm³/mol. The summed E-state index contributed by atoms with van der Waals surface area (Å²) in [6, 6.07) is 26.7. The molecule has 0 saturated carbocycles. The van der Waals surface area contributed by atoms with E-state index in [0.29, 0.717) is 6.61 Å². The zero-order chi connectivity index (χ0) is 20.5. The van der Waals surface area contributed by atoms with E-state index in [4.69, 9.17) is 16.3 Å². The number of rotatable bonds is 9. The van der Waals surface area contributed by atoms with Crippen molar-refractivity contribution in [3.63, 3.8) is 0 Å². The van der Waals surface area contributed by atoms with Gasteiger partial charge in [0.1, 0.15) is 12.4 Å². The van der Waals surface area contributed by atoms with Crippen LogP contribution in [0.15, 0.2) is 78.9 Å². The third-order valence-electron chi connectivity index (χ3n) is 5.00. The summed E-state index contributed by atoms with van der Waals surface area (Å²) in [4.78, 5) is 2.36. The highest BCUT2D eigenvalue weighted by Gasteiger charge is 2.07. The van der Waals surface area contributed by atoms with Gasteiger partial charge < -0.3 is 9.64 Å². The number of hydrogen-bond acceptors (Lipinski definition) is 2. The fourth-order valence-corrected chi connectivity index (χ4v) is 3.37. The van der Waals surface area contributed by atoms with Crippen LogP contribution in [0.1, 0.15) is 30.5 Å². The highest BCUT2D eigenvalue weighted by atomic mass is 35.5. The molecule has 0 spiro atoms. The standard InChI is InChI=1S/C26H28ClNO/c1-3-28(4-2)18-19-29-25-16-12-23(13-17-25)26(22-8-6-5-7-9-22)20-21-10-14-24(27)15-11-21/h5-17,20H,3-4,18-19H2,1-2H3/b26-20-. The molecule has 2 nitrogen and oxygen atoms in total. The Morgan fingerprint density at radius 2 is 1.45 bits per heavy atom. The average molecular weight is 406 g/mol. The van der Waals surface area contributed by atoms with Gasteiger partial charge >= 0.3 is 0 Å². The van der Waals surface area contributed by atoms with Crippen molar-refractivity contribution < 1.29 is 4.74 Å². The van der Waals surface area contributed by atoms with E-state index in [1.54, 1.807) is 0 Å². The van der Waals surface area contributed by atoms with Crippen LogP contribution in [0.4, 0.5) is 0 Å². The van der Waals surface area contributed by atoms with Gasteiger partial charge in [0.25, 0.3) is 0 Å². The largest absolute Gasteiger partial charge is 0.492 e. The van der Waals surface area contributed by atoms with E-state index in [1.165, 1.54) is 11.1 Å². The molecular formula is C26H28ClNO. The van der Waals surface area contributed by atoms with E-state index < -0.39 is 0 Å². The maximum atomic E-state index is 6.04. The SMILES string of the molecule is CCN(CC)CCOc1ccc(/C(=C\c2ccc(Cl)cc2)c2ccccc2)cc1. The molecule has 0 aliphatic heterocycles. The molecule has 0 N–H and O–H groups in total. The molecule has 0 saturated heterocycles. The van der Waals surface area contributed by atoms with Crippen molar-refractivity contribution >= 4 is 23.3 Å². The molecule has 29 heavy (non-hydrogen) atoms. The molecule has 3 aromatic rings. The number of halogens is 1. The van der Waals surface area contributed by atoms with E-state index in [-0.39, 0.29) is 0 Å². The Morgan fingerprint density at radius 3 is 2.07 bits per heavy atom. The highest BCUT2D eigenvalue weighted by Crippen LogP contribution is 2.28. The van der Waals surface area contributed by atoms with E-state index >= 15 is 0 Å². The van der Waals surface area contributed by atoms with Crippen LogP contribution in [0.25, 0.3) is 11.6 Å². The van der Waals surface area contributed by atoms with Gasteiger partial charge in [-0.3, -0.25) is 0 Å². The lowest BCUT2D eigenvalue weighted by atomic mass is 9.95. The topological polar surface area (TPSA) is 12.5 Å². The second-order valence-electron chi connectivity index (χ2n) is 6.88. The summed E-state index contributed by atoms with van der Waals surface area (Å²) >= 11 is 6.04. The quantitative estimate of drug-likeness (QED) is 0.369. The van der Waals surface area contributed by atoms with Crippen molar-refractivity contribution in [3.05, 3.63) is 101 Å². The van der Waals surface area contributed by atoms with Crippen molar-refractivity contribution in [2.45, 2.75) is 13.8 Å². The van der Waals surface area contributed by atoms with E-state index in [1.807, 2.05) is 30.3 Å². The number of ether oxygens (including phenoxy) is 1. The van der Waals surface area contributed by atoms with Crippen molar-refractivity contribution in [2.75, 3.05) is 26.2 Å². The van der Waals surface area contributed by atoms with Gasteiger partial charge in [0.2, 0.25) is 0 Å². The van der Waals surface area contributed by atoms with Gasteiger partial charge in [-0.2, -0.15) is 0 Å². The summed E-state index contributed by atoms with van der Waals surface area (Å²) < 4.78 is 5.94.